The van der Waals surface area contributed by atoms with Gasteiger partial charge in [-0.3, -0.25) is 9.59 Å². The fourth-order valence-corrected chi connectivity index (χ4v) is 3.40. The van der Waals surface area contributed by atoms with Crippen LogP contribution < -0.4 is 0 Å². The predicted molar refractivity (Wildman–Crippen MR) is 94.0 cm³/mol. The molecule has 3 rings (SSSR count). The smallest absolute Gasteiger partial charge is 0.290 e. The van der Waals surface area contributed by atoms with Gasteiger partial charge in [-0.2, -0.15) is 0 Å². The van der Waals surface area contributed by atoms with Crippen molar-refractivity contribution in [3.8, 4) is 0 Å². The van der Waals surface area contributed by atoms with Crippen LogP contribution in [0.25, 0.3) is 0 Å². The molecule has 1 aromatic carbocycles. The Labute approximate surface area is 150 Å². The summed E-state index contributed by atoms with van der Waals surface area (Å²) in [6.45, 7) is 3.17. The van der Waals surface area contributed by atoms with Gasteiger partial charge in [0, 0.05) is 11.8 Å². The number of halogens is 1. The number of hydrogen-bond acceptors (Lipinski definition) is 4. The van der Waals surface area contributed by atoms with Crippen molar-refractivity contribution in [2.45, 2.75) is 25.9 Å². The van der Waals surface area contributed by atoms with E-state index in [4.69, 9.17) is 11.6 Å². The lowest BCUT2D eigenvalue weighted by Gasteiger charge is -2.32. The SMILES string of the molecule is CC(=O)C1=C(O)C(=O)N(C(C)c2ccccc2)C1c1cccnc1Cl. The van der Waals surface area contributed by atoms with Crippen LogP contribution in [0.3, 0.4) is 0 Å². The molecule has 0 bridgehead atoms. The van der Waals surface area contributed by atoms with Gasteiger partial charge in [0.25, 0.3) is 5.91 Å². The fourth-order valence-electron chi connectivity index (χ4n) is 3.18. The minimum atomic E-state index is -0.776. The molecule has 1 amide bonds. The lowest BCUT2D eigenvalue weighted by atomic mass is 9.96. The molecule has 0 saturated heterocycles. The van der Waals surface area contributed by atoms with Gasteiger partial charge >= 0.3 is 0 Å². The molecule has 1 aliphatic rings. The van der Waals surface area contributed by atoms with Crippen LogP contribution in [0.1, 0.15) is 37.1 Å². The summed E-state index contributed by atoms with van der Waals surface area (Å²) in [5.41, 5.74) is 1.44. The number of ketones is 1. The van der Waals surface area contributed by atoms with Crippen molar-refractivity contribution < 1.29 is 14.7 Å². The molecule has 5 nitrogen and oxygen atoms in total. The molecule has 0 radical (unpaired) electrons. The number of amides is 1. The number of aromatic nitrogens is 1. The largest absolute Gasteiger partial charge is 0.503 e. The van der Waals surface area contributed by atoms with Gasteiger partial charge in [0.2, 0.25) is 0 Å². The number of nitrogens with zero attached hydrogens (tertiary/aromatic N) is 2. The second-order valence-electron chi connectivity index (χ2n) is 5.90. The second kappa shape index (κ2) is 6.69. The predicted octanol–water partition coefficient (Wildman–Crippen LogP) is 3.78. The van der Waals surface area contributed by atoms with E-state index in [2.05, 4.69) is 4.98 Å². The van der Waals surface area contributed by atoms with Crippen LogP contribution in [0.5, 0.6) is 0 Å². The Morgan fingerprint density at radius 3 is 2.52 bits per heavy atom. The van der Waals surface area contributed by atoms with Gasteiger partial charge in [0.15, 0.2) is 11.5 Å². The first-order valence-corrected chi connectivity index (χ1v) is 8.23. The van der Waals surface area contributed by atoms with E-state index in [1.54, 1.807) is 12.1 Å². The van der Waals surface area contributed by atoms with Crippen LogP contribution in [-0.2, 0) is 9.59 Å². The van der Waals surface area contributed by atoms with Crippen molar-refractivity contribution in [3.05, 3.63) is 76.3 Å². The number of Topliss-reactive ketones (excluding diaryl/α,β-unsaturated/α-hetero) is 1. The zero-order chi connectivity index (χ0) is 18.1. The highest BCUT2D eigenvalue weighted by Crippen LogP contribution is 2.44. The number of carbonyl (C=O) groups is 2. The topological polar surface area (TPSA) is 70.5 Å². The number of rotatable bonds is 4. The van der Waals surface area contributed by atoms with Crippen molar-refractivity contribution >= 4 is 23.3 Å². The highest BCUT2D eigenvalue weighted by Gasteiger charge is 2.45. The van der Waals surface area contributed by atoms with Crippen LogP contribution in [-0.4, -0.2) is 26.7 Å². The van der Waals surface area contributed by atoms with Crippen LogP contribution in [0, 0.1) is 0 Å². The Kier molecular flexibility index (Phi) is 4.59. The second-order valence-corrected chi connectivity index (χ2v) is 6.26. The molecule has 2 heterocycles. The molecule has 0 spiro atoms. The Morgan fingerprint density at radius 2 is 1.92 bits per heavy atom. The summed E-state index contributed by atoms with van der Waals surface area (Å²) in [5.74, 6) is -1.50. The first-order valence-electron chi connectivity index (χ1n) is 7.85. The standard InChI is InChI=1S/C19H17ClN2O3/c1-11(13-7-4-3-5-8-13)22-16(14-9-6-10-21-18(14)20)15(12(2)23)17(24)19(22)25/h3-11,16,24H,1-2H3. The third-order valence-electron chi connectivity index (χ3n) is 4.40. The van der Waals surface area contributed by atoms with Crippen LogP contribution in [0.15, 0.2) is 60.0 Å². The Balaban J connectivity index is 2.15. The van der Waals surface area contributed by atoms with Crippen molar-refractivity contribution in [1.82, 2.24) is 9.88 Å². The minimum Gasteiger partial charge on any atom is -0.503 e. The maximum atomic E-state index is 12.7. The van der Waals surface area contributed by atoms with Crippen molar-refractivity contribution in [1.29, 1.82) is 0 Å². The van der Waals surface area contributed by atoms with E-state index in [1.165, 1.54) is 18.0 Å². The molecule has 6 heteroatoms. The average Bonchev–Trinajstić information content (AvgIpc) is 2.87. The third kappa shape index (κ3) is 2.91. The van der Waals surface area contributed by atoms with E-state index < -0.39 is 17.7 Å². The maximum absolute atomic E-state index is 12.7. The van der Waals surface area contributed by atoms with Crippen molar-refractivity contribution in [2.75, 3.05) is 0 Å². The zero-order valence-corrected chi connectivity index (χ0v) is 14.6. The third-order valence-corrected chi connectivity index (χ3v) is 4.72. The first kappa shape index (κ1) is 17.2. The lowest BCUT2D eigenvalue weighted by molar-refractivity contribution is -0.131. The zero-order valence-electron chi connectivity index (χ0n) is 13.8. The number of aliphatic hydroxyl groups is 1. The van der Waals surface area contributed by atoms with Crippen LogP contribution >= 0.6 is 11.6 Å². The monoisotopic (exact) mass is 356 g/mol. The number of hydrogen-bond donors (Lipinski definition) is 1. The summed E-state index contributed by atoms with van der Waals surface area (Å²) in [5, 5.41) is 10.5. The van der Waals surface area contributed by atoms with Gasteiger partial charge in [-0.15, -0.1) is 0 Å². The summed E-state index contributed by atoms with van der Waals surface area (Å²) in [4.78, 5) is 30.4. The first-order chi connectivity index (χ1) is 11.9. The average molecular weight is 357 g/mol. The summed E-state index contributed by atoms with van der Waals surface area (Å²) in [6, 6.07) is 11.7. The van der Waals surface area contributed by atoms with E-state index >= 15 is 0 Å². The van der Waals surface area contributed by atoms with Gasteiger partial charge in [-0.05, 0) is 25.5 Å². The van der Waals surface area contributed by atoms with Gasteiger partial charge in [0.1, 0.15) is 5.15 Å². The molecule has 0 saturated carbocycles. The normalized spacial score (nSPS) is 18.6. The highest BCUT2D eigenvalue weighted by molar-refractivity contribution is 6.30. The van der Waals surface area contributed by atoms with E-state index in [1.807, 2.05) is 37.3 Å². The van der Waals surface area contributed by atoms with E-state index in [-0.39, 0.29) is 22.6 Å². The van der Waals surface area contributed by atoms with Gasteiger partial charge < -0.3 is 10.0 Å². The molecule has 1 aromatic heterocycles. The number of pyridine rings is 1. The van der Waals surface area contributed by atoms with Crippen molar-refractivity contribution in [3.63, 3.8) is 0 Å². The Morgan fingerprint density at radius 1 is 1.24 bits per heavy atom. The fraction of sp³-hybridized carbons (Fsp3) is 0.211. The number of carbonyl (C=O) groups excluding carboxylic acids is 2. The summed E-state index contributed by atoms with van der Waals surface area (Å²) in [7, 11) is 0. The molecule has 128 valence electrons. The van der Waals surface area contributed by atoms with Gasteiger partial charge in [-0.25, -0.2) is 4.98 Å². The number of aliphatic hydroxyl groups excluding tert-OH is 1. The highest BCUT2D eigenvalue weighted by atomic mass is 35.5. The van der Waals surface area contributed by atoms with E-state index in [0.717, 1.165) is 5.56 Å². The maximum Gasteiger partial charge on any atom is 0.290 e. The van der Waals surface area contributed by atoms with Gasteiger partial charge in [-0.1, -0.05) is 48.0 Å². The summed E-state index contributed by atoms with van der Waals surface area (Å²) >= 11 is 6.22. The molecule has 2 unspecified atom stereocenters. The Hall–Kier alpha value is -2.66. The Bertz CT molecular complexity index is 864. The molecule has 25 heavy (non-hydrogen) atoms. The minimum absolute atomic E-state index is 0.0441. The van der Waals surface area contributed by atoms with Crippen molar-refractivity contribution in [2.24, 2.45) is 0 Å². The molecule has 2 aromatic rings. The molecule has 2 atom stereocenters. The molecular formula is C19H17ClN2O3. The lowest BCUT2D eigenvalue weighted by Crippen LogP contribution is -2.33. The number of benzene rings is 1. The van der Waals surface area contributed by atoms with E-state index in [0.29, 0.717) is 5.56 Å². The van der Waals surface area contributed by atoms with Crippen LogP contribution in [0.4, 0.5) is 0 Å². The summed E-state index contributed by atoms with van der Waals surface area (Å²) in [6.07, 6.45) is 1.53. The quantitative estimate of drug-likeness (QED) is 0.846. The molecule has 0 fully saturated rings. The molecule has 1 N–H and O–H groups in total. The van der Waals surface area contributed by atoms with Crippen LogP contribution in [0.2, 0.25) is 5.15 Å². The van der Waals surface area contributed by atoms with Gasteiger partial charge in [0.05, 0.1) is 17.7 Å². The molecular weight excluding hydrogens is 340 g/mol. The molecule has 0 aliphatic carbocycles. The summed E-state index contributed by atoms with van der Waals surface area (Å²) < 4.78 is 0. The van der Waals surface area contributed by atoms with E-state index in [9.17, 15) is 14.7 Å². The molecule has 1 aliphatic heterocycles.